The maximum absolute atomic E-state index is 8.93. The predicted octanol–water partition coefficient (Wildman–Crippen LogP) is 1.89. The Balaban J connectivity index is 2.80. The van der Waals surface area contributed by atoms with E-state index in [9.17, 15) is 0 Å². The smallest absolute Gasteiger partial charge is 0.186 e. The van der Waals surface area contributed by atoms with E-state index in [1.165, 1.54) is 6.33 Å². The monoisotopic (exact) mass is 207 g/mol. The second-order valence-corrected chi connectivity index (χ2v) is 8.37. The topological polar surface area (TPSA) is 58.8 Å². The van der Waals surface area contributed by atoms with E-state index < -0.39 is 14.4 Å². The zero-order chi connectivity index (χ0) is 10.6. The van der Waals surface area contributed by atoms with E-state index >= 15 is 0 Å². The van der Waals surface area contributed by atoms with Crippen LogP contribution in [0.5, 0.6) is 0 Å². The summed E-state index contributed by atoms with van der Waals surface area (Å²) < 4.78 is 5.67. The Morgan fingerprint density at radius 3 is 2.36 bits per heavy atom. The Labute approximate surface area is 84.7 Å². The zero-order valence-corrected chi connectivity index (χ0v) is 9.56. The molecule has 14 heavy (non-hydrogen) atoms. The molecule has 1 aromatic heterocycles. The molecule has 5 heteroatoms. The second-order valence-electron chi connectivity index (χ2n) is 3.91. The van der Waals surface area contributed by atoms with Crippen molar-refractivity contribution >= 4 is 8.32 Å². The molecule has 0 radical (unpaired) electrons. The molecule has 0 N–H and O–H groups in total. The van der Waals surface area contributed by atoms with Crippen molar-refractivity contribution in [2.45, 2.75) is 25.7 Å². The fourth-order valence-corrected chi connectivity index (χ4v) is 1.86. The summed E-state index contributed by atoms with van der Waals surface area (Å²) in [6.45, 7) is 6.13. The van der Waals surface area contributed by atoms with Crippen LogP contribution >= 0.6 is 0 Å². The highest BCUT2D eigenvalue weighted by Crippen LogP contribution is 2.19. The van der Waals surface area contributed by atoms with Crippen molar-refractivity contribution in [3.05, 3.63) is 24.3 Å². The second kappa shape index (κ2) is 4.31. The largest absolute Gasteiger partial charge is 0.399 e. The van der Waals surface area contributed by atoms with E-state index in [1.807, 2.05) is 19.6 Å². The van der Waals surface area contributed by atoms with Gasteiger partial charge in [-0.3, -0.25) is 0 Å². The van der Waals surface area contributed by atoms with Crippen molar-refractivity contribution in [3.8, 4) is 6.07 Å². The van der Waals surface area contributed by atoms with Gasteiger partial charge in [0.1, 0.15) is 6.33 Å². The van der Waals surface area contributed by atoms with Gasteiger partial charge in [-0.05, 0) is 19.6 Å². The summed E-state index contributed by atoms with van der Waals surface area (Å²) in [6, 6.07) is 2.11. The minimum atomic E-state index is -1.70. The minimum absolute atomic E-state index is 0.539. The van der Waals surface area contributed by atoms with Gasteiger partial charge in [0.05, 0.1) is 6.07 Å². The lowest BCUT2D eigenvalue weighted by Crippen LogP contribution is -2.27. The Morgan fingerprint density at radius 2 is 1.93 bits per heavy atom. The Kier molecular flexibility index (Phi) is 3.33. The molecule has 0 amide bonds. The van der Waals surface area contributed by atoms with Gasteiger partial charge in [0.15, 0.2) is 14.4 Å². The van der Waals surface area contributed by atoms with Crippen LogP contribution in [0, 0.1) is 11.3 Å². The Hall–Kier alpha value is -1.25. The lowest BCUT2D eigenvalue weighted by Gasteiger charge is -2.21. The molecular formula is C9H13N3OSi. The van der Waals surface area contributed by atoms with Crippen molar-refractivity contribution in [2.75, 3.05) is 0 Å². The zero-order valence-electron chi connectivity index (χ0n) is 8.56. The van der Waals surface area contributed by atoms with E-state index in [-0.39, 0.29) is 0 Å². The maximum atomic E-state index is 8.93. The first-order valence-electron chi connectivity index (χ1n) is 4.35. The van der Waals surface area contributed by atoms with E-state index in [2.05, 4.69) is 16.0 Å². The van der Waals surface area contributed by atoms with Gasteiger partial charge in [-0.2, -0.15) is 5.26 Å². The van der Waals surface area contributed by atoms with Crippen LogP contribution in [-0.4, -0.2) is 18.3 Å². The minimum Gasteiger partial charge on any atom is -0.399 e. The van der Waals surface area contributed by atoms with Gasteiger partial charge >= 0.3 is 0 Å². The van der Waals surface area contributed by atoms with Crippen LogP contribution in [0.3, 0.4) is 0 Å². The van der Waals surface area contributed by atoms with Crippen molar-refractivity contribution < 1.29 is 4.43 Å². The fraction of sp³-hybridized carbons (Fsp3) is 0.444. The molecule has 0 bridgehead atoms. The predicted molar refractivity (Wildman–Crippen MR) is 54.8 cm³/mol. The highest BCUT2D eigenvalue weighted by Gasteiger charge is 2.22. The van der Waals surface area contributed by atoms with Gasteiger partial charge in [0.2, 0.25) is 0 Å². The highest BCUT2D eigenvalue weighted by atomic mass is 28.4. The Morgan fingerprint density at radius 1 is 1.36 bits per heavy atom. The number of hydrogen-bond donors (Lipinski definition) is 0. The van der Waals surface area contributed by atoms with Gasteiger partial charge < -0.3 is 4.43 Å². The average molecular weight is 207 g/mol. The van der Waals surface area contributed by atoms with Crippen LogP contribution in [0.15, 0.2) is 18.7 Å². The van der Waals surface area contributed by atoms with E-state index in [0.717, 1.165) is 5.56 Å². The molecule has 1 heterocycles. The van der Waals surface area contributed by atoms with Crippen molar-refractivity contribution in [1.82, 2.24) is 9.97 Å². The summed E-state index contributed by atoms with van der Waals surface area (Å²) in [5, 5.41) is 8.93. The molecule has 0 aliphatic rings. The van der Waals surface area contributed by atoms with Crippen LogP contribution in [0.2, 0.25) is 19.6 Å². The molecule has 1 atom stereocenters. The molecule has 0 spiro atoms. The summed E-state index contributed by atoms with van der Waals surface area (Å²) in [6.07, 6.45) is 4.12. The summed E-state index contributed by atoms with van der Waals surface area (Å²) in [5.41, 5.74) is 0.720. The number of aromatic nitrogens is 2. The molecule has 0 fully saturated rings. The average Bonchev–Trinajstić information content (AvgIpc) is 2.14. The molecule has 0 saturated carbocycles. The fourth-order valence-electron chi connectivity index (χ4n) is 0.968. The molecular weight excluding hydrogens is 194 g/mol. The van der Waals surface area contributed by atoms with E-state index in [4.69, 9.17) is 9.69 Å². The van der Waals surface area contributed by atoms with Crippen LogP contribution in [-0.2, 0) is 4.43 Å². The first kappa shape index (κ1) is 10.8. The third-order valence-corrected chi connectivity index (χ3v) is 2.41. The standard InChI is InChI=1S/C9H13N3OSi/c1-14(2,3)13-9(4-10)8-5-11-7-12-6-8/h5-7,9H,1-3H3. The van der Waals surface area contributed by atoms with Gasteiger partial charge in [0, 0.05) is 18.0 Å². The van der Waals surface area contributed by atoms with Gasteiger partial charge in [-0.1, -0.05) is 0 Å². The van der Waals surface area contributed by atoms with Crippen molar-refractivity contribution in [2.24, 2.45) is 0 Å². The number of hydrogen-bond acceptors (Lipinski definition) is 4. The van der Waals surface area contributed by atoms with Crippen LogP contribution in [0.25, 0.3) is 0 Å². The van der Waals surface area contributed by atoms with Crippen molar-refractivity contribution in [3.63, 3.8) is 0 Å². The number of nitriles is 1. The summed E-state index contributed by atoms with van der Waals surface area (Å²) in [7, 11) is -1.70. The molecule has 1 aromatic rings. The van der Waals surface area contributed by atoms with E-state index in [0.29, 0.717) is 0 Å². The molecule has 0 saturated heterocycles. The van der Waals surface area contributed by atoms with Crippen molar-refractivity contribution in [1.29, 1.82) is 5.26 Å². The SMILES string of the molecule is C[Si](C)(C)OC(C#N)c1cncnc1. The van der Waals surface area contributed by atoms with Gasteiger partial charge in [-0.15, -0.1) is 0 Å². The lowest BCUT2D eigenvalue weighted by molar-refractivity contribution is 0.254. The third kappa shape index (κ3) is 3.24. The summed E-state index contributed by atoms with van der Waals surface area (Å²) in [4.78, 5) is 7.71. The molecule has 0 aliphatic heterocycles. The maximum Gasteiger partial charge on any atom is 0.186 e. The Bertz CT molecular complexity index is 328. The molecule has 0 aromatic carbocycles. The van der Waals surface area contributed by atoms with Crippen LogP contribution in [0.1, 0.15) is 11.7 Å². The quantitative estimate of drug-likeness (QED) is 0.710. The lowest BCUT2D eigenvalue weighted by atomic mass is 10.2. The molecule has 74 valence electrons. The molecule has 1 rings (SSSR count). The normalized spacial score (nSPS) is 13.3. The molecule has 1 unspecified atom stereocenters. The first-order chi connectivity index (χ1) is 6.53. The highest BCUT2D eigenvalue weighted by molar-refractivity contribution is 6.69. The van der Waals surface area contributed by atoms with E-state index in [1.54, 1.807) is 12.4 Å². The van der Waals surface area contributed by atoms with Gasteiger partial charge in [0.25, 0.3) is 0 Å². The third-order valence-electron chi connectivity index (χ3n) is 1.47. The van der Waals surface area contributed by atoms with Crippen LogP contribution in [0.4, 0.5) is 0 Å². The molecule has 4 nitrogen and oxygen atoms in total. The number of rotatable bonds is 3. The first-order valence-corrected chi connectivity index (χ1v) is 7.76. The summed E-state index contributed by atoms with van der Waals surface area (Å²) in [5.74, 6) is 0. The van der Waals surface area contributed by atoms with Crippen LogP contribution < -0.4 is 0 Å². The summed E-state index contributed by atoms with van der Waals surface area (Å²) >= 11 is 0. The molecule has 0 aliphatic carbocycles. The number of nitrogens with zero attached hydrogens (tertiary/aromatic N) is 3. The van der Waals surface area contributed by atoms with Gasteiger partial charge in [-0.25, -0.2) is 9.97 Å².